The number of hydrogen-bond acceptors (Lipinski definition) is 5. The predicted molar refractivity (Wildman–Crippen MR) is 33.8 cm³/mol. The molecule has 0 radical (unpaired) electrons. The largest absolute Gasteiger partial charge is 0.388 e. The van der Waals surface area contributed by atoms with Gasteiger partial charge in [-0.2, -0.15) is 0 Å². The first-order valence-corrected chi connectivity index (χ1v) is 3.28. The minimum atomic E-state index is -1.36. The smallest absolute Gasteiger partial charge is 0.151 e. The number of rotatable bonds is 2. The summed E-state index contributed by atoms with van der Waals surface area (Å²) in [4.78, 5) is 10.0. The van der Waals surface area contributed by atoms with Gasteiger partial charge in [-0.3, -0.25) is 0 Å². The summed E-state index contributed by atoms with van der Waals surface area (Å²) in [5.74, 6) is 0. The zero-order valence-corrected chi connectivity index (χ0v) is 5.75. The summed E-state index contributed by atoms with van der Waals surface area (Å²) in [5, 5.41) is 26.9. The lowest BCUT2D eigenvalue weighted by Gasteiger charge is -2.15. The minimum absolute atomic E-state index is 0.0449. The van der Waals surface area contributed by atoms with Crippen molar-refractivity contribution >= 4 is 6.29 Å². The second-order valence-electron chi connectivity index (χ2n) is 2.48. The molecule has 0 unspecified atom stereocenters. The van der Waals surface area contributed by atoms with Crippen LogP contribution in [0.1, 0.15) is 0 Å². The highest BCUT2D eigenvalue weighted by Gasteiger charge is 2.38. The fraction of sp³-hybridized carbons (Fsp3) is 0.833. The third-order valence-electron chi connectivity index (χ3n) is 1.67. The number of ether oxygens (including phenoxy) is 1. The van der Waals surface area contributed by atoms with Crippen molar-refractivity contribution in [1.29, 1.82) is 0 Å². The summed E-state index contributed by atoms with van der Waals surface area (Å²) in [5.41, 5.74) is 0. The third-order valence-corrected chi connectivity index (χ3v) is 1.67. The number of aliphatic hydroxyl groups excluding tert-OH is 3. The van der Waals surface area contributed by atoms with E-state index < -0.39 is 24.4 Å². The van der Waals surface area contributed by atoms with E-state index in [0.29, 0.717) is 0 Å². The van der Waals surface area contributed by atoms with E-state index in [-0.39, 0.29) is 12.9 Å². The van der Waals surface area contributed by atoms with E-state index in [0.717, 1.165) is 0 Å². The average Bonchev–Trinajstić information content (AvgIpc) is 2.32. The van der Waals surface area contributed by atoms with Crippen LogP contribution in [0.15, 0.2) is 0 Å². The molecule has 1 saturated heterocycles. The molecule has 3 N–H and O–H groups in total. The van der Waals surface area contributed by atoms with Gasteiger partial charge in [0.15, 0.2) is 6.29 Å². The van der Waals surface area contributed by atoms with Crippen LogP contribution in [0.3, 0.4) is 0 Å². The topological polar surface area (TPSA) is 87.0 Å². The molecule has 0 aromatic carbocycles. The molecule has 0 bridgehead atoms. The van der Waals surface area contributed by atoms with Gasteiger partial charge in [0.25, 0.3) is 0 Å². The number of aliphatic hydroxyl groups is 3. The van der Waals surface area contributed by atoms with Crippen molar-refractivity contribution in [3.8, 4) is 0 Å². The monoisotopic (exact) mass is 162 g/mol. The van der Waals surface area contributed by atoms with Crippen molar-refractivity contribution in [2.24, 2.45) is 0 Å². The molecule has 4 atom stereocenters. The van der Waals surface area contributed by atoms with Crippen molar-refractivity contribution < 1.29 is 24.9 Å². The van der Waals surface area contributed by atoms with Gasteiger partial charge >= 0.3 is 0 Å². The lowest BCUT2D eigenvalue weighted by molar-refractivity contribution is -0.124. The van der Waals surface area contributed by atoms with E-state index in [9.17, 15) is 4.79 Å². The van der Waals surface area contributed by atoms with Gasteiger partial charge in [-0.25, -0.2) is 0 Å². The molecule has 11 heavy (non-hydrogen) atoms. The molecule has 0 aliphatic carbocycles. The Bertz CT molecular complexity index is 148. The van der Waals surface area contributed by atoms with Crippen LogP contribution in [-0.2, 0) is 9.53 Å². The van der Waals surface area contributed by atoms with Crippen LogP contribution in [0.4, 0.5) is 0 Å². The Morgan fingerprint density at radius 3 is 2.55 bits per heavy atom. The van der Waals surface area contributed by atoms with Gasteiger partial charge in [0.1, 0.15) is 24.4 Å². The van der Waals surface area contributed by atoms with Crippen LogP contribution >= 0.6 is 0 Å². The second-order valence-corrected chi connectivity index (χ2v) is 2.48. The zero-order chi connectivity index (χ0) is 8.43. The molecule has 1 aliphatic heterocycles. The fourth-order valence-corrected chi connectivity index (χ4v) is 1.00. The number of carbonyl (C=O) groups excluding carboxylic acids is 1. The maximum absolute atomic E-state index is 10.0. The predicted octanol–water partition coefficient (Wildman–Crippen LogP) is -2.33. The van der Waals surface area contributed by atoms with Gasteiger partial charge in [0.05, 0.1) is 6.61 Å². The summed E-state index contributed by atoms with van der Waals surface area (Å²) >= 11 is 0. The Labute approximate surface area is 63.2 Å². The van der Waals surface area contributed by atoms with Crippen LogP contribution in [0.25, 0.3) is 0 Å². The highest BCUT2D eigenvalue weighted by Crippen LogP contribution is 2.16. The van der Waals surface area contributed by atoms with Crippen molar-refractivity contribution in [2.75, 3.05) is 6.61 Å². The lowest BCUT2D eigenvalue weighted by atomic mass is 10.1. The van der Waals surface area contributed by atoms with E-state index in [1.54, 1.807) is 0 Å². The first-order chi connectivity index (χ1) is 5.16. The number of hydrogen-bond donors (Lipinski definition) is 3. The van der Waals surface area contributed by atoms with Gasteiger partial charge in [-0.05, 0) is 0 Å². The first kappa shape index (κ1) is 8.61. The number of aldehydes is 1. The second kappa shape index (κ2) is 3.27. The van der Waals surface area contributed by atoms with Gasteiger partial charge in [-0.1, -0.05) is 0 Å². The molecule has 1 heterocycles. The molecule has 0 saturated carbocycles. The van der Waals surface area contributed by atoms with Crippen LogP contribution in [0.5, 0.6) is 0 Å². The normalized spacial score (nSPS) is 40.5. The van der Waals surface area contributed by atoms with Gasteiger partial charge in [-0.15, -0.1) is 0 Å². The van der Waals surface area contributed by atoms with Crippen LogP contribution < -0.4 is 0 Å². The summed E-state index contributed by atoms with van der Waals surface area (Å²) in [6, 6.07) is 0. The lowest BCUT2D eigenvalue weighted by Crippen LogP contribution is -2.39. The minimum Gasteiger partial charge on any atom is -0.388 e. The quantitative estimate of drug-likeness (QED) is 0.396. The fourth-order valence-electron chi connectivity index (χ4n) is 1.00. The van der Waals surface area contributed by atoms with Crippen molar-refractivity contribution in [3.63, 3.8) is 0 Å². The average molecular weight is 162 g/mol. The molecule has 64 valence electrons. The van der Waals surface area contributed by atoms with Gasteiger partial charge in [0, 0.05) is 0 Å². The SMILES string of the molecule is O=C[C@H](O)[C@H]1OC[C@@H](O)[C@@H]1O. The molecule has 1 fully saturated rings. The van der Waals surface area contributed by atoms with Crippen molar-refractivity contribution in [1.82, 2.24) is 0 Å². The standard InChI is InChI=1S/C6H10O5/c7-1-3(8)6-5(10)4(9)2-11-6/h1,3-6,8-10H,2H2/t3-,4+,5-,6+/m0/s1. The van der Waals surface area contributed by atoms with E-state index in [2.05, 4.69) is 0 Å². The van der Waals surface area contributed by atoms with Gasteiger partial charge < -0.3 is 24.9 Å². The Morgan fingerprint density at radius 1 is 1.55 bits per heavy atom. The molecule has 0 amide bonds. The Morgan fingerprint density at radius 2 is 2.18 bits per heavy atom. The Kier molecular flexibility index (Phi) is 2.56. The van der Waals surface area contributed by atoms with E-state index in [1.807, 2.05) is 0 Å². The van der Waals surface area contributed by atoms with Crippen LogP contribution in [0.2, 0.25) is 0 Å². The summed E-state index contributed by atoms with van der Waals surface area (Å²) < 4.78 is 4.75. The Balaban J connectivity index is 2.54. The maximum Gasteiger partial charge on any atom is 0.151 e. The third kappa shape index (κ3) is 1.57. The molecule has 1 aliphatic rings. The van der Waals surface area contributed by atoms with Crippen molar-refractivity contribution in [3.05, 3.63) is 0 Å². The Hall–Kier alpha value is -0.490. The summed E-state index contributed by atoms with van der Waals surface area (Å²) in [7, 11) is 0. The molecule has 5 heteroatoms. The molecule has 0 spiro atoms. The van der Waals surface area contributed by atoms with Crippen LogP contribution in [-0.4, -0.2) is 52.6 Å². The summed E-state index contributed by atoms with van der Waals surface area (Å²) in [6.07, 6.45) is -4.25. The summed E-state index contributed by atoms with van der Waals surface area (Å²) in [6.45, 7) is -0.0449. The first-order valence-electron chi connectivity index (χ1n) is 3.28. The molecule has 0 aromatic rings. The van der Waals surface area contributed by atoms with E-state index in [4.69, 9.17) is 20.1 Å². The van der Waals surface area contributed by atoms with Crippen molar-refractivity contribution in [2.45, 2.75) is 24.4 Å². The highest BCUT2D eigenvalue weighted by atomic mass is 16.5. The van der Waals surface area contributed by atoms with Crippen LogP contribution in [0, 0.1) is 0 Å². The molecule has 0 aromatic heterocycles. The van der Waals surface area contributed by atoms with E-state index >= 15 is 0 Å². The highest BCUT2D eigenvalue weighted by molar-refractivity contribution is 5.57. The van der Waals surface area contributed by atoms with Gasteiger partial charge in [0.2, 0.25) is 0 Å². The zero-order valence-electron chi connectivity index (χ0n) is 5.75. The molecular formula is C6H10O5. The number of carbonyl (C=O) groups is 1. The maximum atomic E-state index is 10.0. The molecule has 5 nitrogen and oxygen atoms in total. The molecule has 1 rings (SSSR count). The molecular weight excluding hydrogens is 152 g/mol. The van der Waals surface area contributed by atoms with E-state index in [1.165, 1.54) is 0 Å².